The third kappa shape index (κ3) is 4.12. The first-order valence-corrected chi connectivity index (χ1v) is 9.62. The second kappa shape index (κ2) is 7.69. The fraction of sp³-hybridized carbons (Fsp3) is 0.150. The van der Waals surface area contributed by atoms with Gasteiger partial charge in [0.25, 0.3) is 0 Å². The number of para-hydroxylation sites is 1. The number of hydrogen-bond acceptors (Lipinski definition) is 7. The van der Waals surface area contributed by atoms with Crippen LogP contribution in [0.3, 0.4) is 0 Å². The summed E-state index contributed by atoms with van der Waals surface area (Å²) in [6.45, 7) is 3.83. The number of nitrogens with one attached hydrogen (secondary N) is 2. The van der Waals surface area contributed by atoms with E-state index in [1.165, 1.54) is 11.3 Å². The molecule has 4 aromatic rings. The smallest absolute Gasteiger partial charge is 0.230 e. The quantitative estimate of drug-likeness (QED) is 0.535. The molecule has 0 bridgehead atoms. The molecule has 140 valence electrons. The molecule has 2 N–H and O–H groups in total. The maximum absolute atomic E-state index is 12.5. The first-order valence-electron chi connectivity index (χ1n) is 8.74. The van der Waals surface area contributed by atoms with E-state index in [2.05, 4.69) is 30.6 Å². The summed E-state index contributed by atoms with van der Waals surface area (Å²) in [6, 6.07) is 11.5. The third-order valence-electron chi connectivity index (χ3n) is 4.00. The lowest BCUT2D eigenvalue weighted by atomic mass is 10.2. The van der Waals surface area contributed by atoms with Gasteiger partial charge in [-0.3, -0.25) is 9.78 Å². The van der Waals surface area contributed by atoms with Gasteiger partial charge in [0.05, 0.1) is 23.3 Å². The monoisotopic (exact) mass is 390 g/mol. The van der Waals surface area contributed by atoms with Crippen molar-refractivity contribution in [3.8, 4) is 0 Å². The van der Waals surface area contributed by atoms with Crippen LogP contribution in [0.5, 0.6) is 0 Å². The highest BCUT2D eigenvalue weighted by Crippen LogP contribution is 2.22. The van der Waals surface area contributed by atoms with Crippen LogP contribution < -0.4 is 10.6 Å². The summed E-state index contributed by atoms with van der Waals surface area (Å²) < 4.78 is 0. The van der Waals surface area contributed by atoms with Crippen LogP contribution in [0.15, 0.2) is 48.0 Å². The second-order valence-electron chi connectivity index (χ2n) is 6.35. The highest BCUT2D eigenvalue weighted by Gasteiger charge is 2.11. The van der Waals surface area contributed by atoms with Crippen LogP contribution in [-0.4, -0.2) is 25.8 Å². The molecule has 0 aliphatic carbocycles. The fourth-order valence-corrected chi connectivity index (χ4v) is 3.59. The van der Waals surface area contributed by atoms with Gasteiger partial charge in [-0.05, 0) is 32.0 Å². The Hall–Kier alpha value is -3.39. The molecule has 0 atom stereocenters. The van der Waals surface area contributed by atoms with Crippen LogP contribution in [0.2, 0.25) is 0 Å². The molecular formula is C20H18N6OS. The van der Waals surface area contributed by atoms with Gasteiger partial charge in [-0.25, -0.2) is 15.0 Å². The van der Waals surface area contributed by atoms with Gasteiger partial charge >= 0.3 is 0 Å². The highest BCUT2D eigenvalue weighted by molar-refractivity contribution is 7.13. The molecule has 1 amide bonds. The molecule has 0 saturated heterocycles. The molecule has 0 spiro atoms. The zero-order valence-corrected chi connectivity index (χ0v) is 16.2. The first kappa shape index (κ1) is 18.0. The maximum Gasteiger partial charge on any atom is 0.230 e. The molecule has 4 rings (SSSR count). The zero-order valence-electron chi connectivity index (χ0n) is 15.4. The molecule has 0 fully saturated rings. The minimum Gasteiger partial charge on any atom is -0.324 e. The predicted octanol–water partition coefficient (Wildman–Crippen LogP) is 4.02. The molecule has 3 aromatic heterocycles. The molecule has 3 heterocycles. The molecule has 0 unspecified atom stereocenters. The topological polar surface area (TPSA) is 92.7 Å². The SMILES string of the molecule is Cc1cc(C)nc(Nc2nc(CC(=O)Nc3cccc4cccnc34)cs2)n1. The second-order valence-corrected chi connectivity index (χ2v) is 7.21. The number of fused-ring (bicyclic) bond motifs is 1. The number of hydrogen-bond donors (Lipinski definition) is 2. The molecule has 0 radical (unpaired) electrons. The Morgan fingerprint density at radius 2 is 1.86 bits per heavy atom. The minimum atomic E-state index is -0.141. The Morgan fingerprint density at radius 1 is 1.07 bits per heavy atom. The number of carbonyl (C=O) groups excluding carboxylic acids is 1. The van der Waals surface area contributed by atoms with Gasteiger partial charge in [0.15, 0.2) is 5.13 Å². The van der Waals surface area contributed by atoms with E-state index in [0.717, 1.165) is 22.3 Å². The lowest BCUT2D eigenvalue weighted by Gasteiger charge is -2.07. The Bertz CT molecular complexity index is 1130. The van der Waals surface area contributed by atoms with Gasteiger partial charge < -0.3 is 10.6 Å². The van der Waals surface area contributed by atoms with Crippen LogP contribution >= 0.6 is 11.3 Å². The average Bonchev–Trinajstić information content (AvgIpc) is 3.07. The number of thiazole rings is 1. The normalized spacial score (nSPS) is 10.8. The van der Waals surface area contributed by atoms with Crippen LogP contribution in [0.25, 0.3) is 10.9 Å². The molecule has 7 nitrogen and oxygen atoms in total. The summed E-state index contributed by atoms with van der Waals surface area (Å²) >= 11 is 1.41. The summed E-state index contributed by atoms with van der Waals surface area (Å²) in [5.41, 5.74) is 3.92. The number of anilines is 3. The molecule has 28 heavy (non-hydrogen) atoms. The molecular weight excluding hydrogens is 372 g/mol. The number of benzene rings is 1. The Balaban J connectivity index is 1.44. The van der Waals surface area contributed by atoms with Crippen LogP contribution in [0.4, 0.5) is 16.8 Å². The largest absolute Gasteiger partial charge is 0.324 e. The van der Waals surface area contributed by atoms with Crippen LogP contribution in [0, 0.1) is 13.8 Å². The number of carbonyl (C=O) groups is 1. The number of rotatable bonds is 5. The lowest BCUT2D eigenvalue weighted by molar-refractivity contribution is -0.115. The lowest BCUT2D eigenvalue weighted by Crippen LogP contribution is -2.15. The number of nitrogens with zero attached hydrogens (tertiary/aromatic N) is 4. The van der Waals surface area contributed by atoms with Crippen molar-refractivity contribution in [3.63, 3.8) is 0 Å². The van der Waals surface area contributed by atoms with Crippen molar-refractivity contribution in [3.05, 3.63) is 65.1 Å². The van der Waals surface area contributed by atoms with E-state index in [9.17, 15) is 4.79 Å². The van der Waals surface area contributed by atoms with Gasteiger partial charge in [0.2, 0.25) is 11.9 Å². The summed E-state index contributed by atoms with van der Waals surface area (Å²) in [5, 5.41) is 9.51. The number of pyridine rings is 1. The van der Waals surface area contributed by atoms with Crippen molar-refractivity contribution in [2.45, 2.75) is 20.3 Å². The Morgan fingerprint density at radius 3 is 2.68 bits per heavy atom. The average molecular weight is 390 g/mol. The highest BCUT2D eigenvalue weighted by atomic mass is 32.1. The fourth-order valence-electron chi connectivity index (χ4n) is 2.89. The number of amides is 1. The summed E-state index contributed by atoms with van der Waals surface area (Å²) in [4.78, 5) is 30.0. The Labute approximate surface area is 165 Å². The van der Waals surface area contributed by atoms with Gasteiger partial charge in [-0.15, -0.1) is 11.3 Å². The molecule has 0 aliphatic heterocycles. The van der Waals surface area contributed by atoms with Gasteiger partial charge in [0.1, 0.15) is 0 Å². The molecule has 1 aromatic carbocycles. The molecule has 0 saturated carbocycles. The van der Waals surface area contributed by atoms with Crippen molar-refractivity contribution in [2.24, 2.45) is 0 Å². The van der Waals surface area contributed by atoms with E-state index >= 15 is 0 Å². The minimum absolute atomic E-state index is 0.141. The van der Waals surface area contributed by atoms with E-state index in [0.29, 0.717) is 22.5 Å². The van der Waals surface area contributed by atoms with Gasteiger partial charge in [-0.1, -0.05) is 18.2 Å². The van der Waals surface area contributed by atoms with Crippen molar-refractivity contribution < 1.29 is 4.79 Å². The molecule has 0 aliphatic rings. The van der Waals surface area contributed by atoms with Crippen LogP contribution in [0.1, 0.15) is 17.1 Å². The number of aromatic nitrogens is 4. The first-order chi connectivity index (χ1) is 13.6. The van der Waals surface area contributed by atoms with Crippen molar-refractivity contribution >= 4 is 44.9 Å². The molecule has 8 heteroatoms. The summed E-state index contributed by atoms with van der Waals surface area (Å²) in [5.74, 6) is 0.363. The van der Waals surface area contributed by atoms with E-state index in [-0.39, 0.29) is 12.3 Å². The van der Waals surface area contributed by atoms with Crippen molar-refractivity contribution in [1.29, 1.82) is 0 Å². The van der Waals surface area contributed by atoms with Gasteiger partial charge in [-0.2, -0.15) is 0 Å². The zero-order chi connectivity index (χ0) is 19.5. The third-order valence-corrected chi connectivity index (χ3v) is 4.81. The Kier molecular flexibility index (Phi) is 4.94. The number of aryl methyl sites for hydroxylation is 2. The summed E-state index contributed by atoms with van der Waals surface area (Å²) in [7, 11) is 0. The van der Waals surface area contributed by atoms with Gasteiger partial charge in [0, 0.05) is 28.4 Å². The summed E-state index contributed by atoms with van der Waals surface area (Å²) in [6.07, 6.45) is 1.89. The standard InChI is InChI=1S/C20H18N6OS/c1-12-9-13(2)23-19(22-12)26-20-24-15(11-28-20)10-17(27)25-16-7-3-5-14-6-4-8-21-18(14)16/h3-9,11H,10H2,1-2H3,(H,25,27)(H,22,23,24,26). The predicted molar refractivity (Wildman–Crippen MR) is 111 cm³/mol. The van der Waals surface area contributed by atoms with Crippen molar-refractivity contribution in [2.75, 3.05) is 10.6 Å². The van der Waals surface area contributed by atoms with Crippen LogP contribution in [-0.2, 0) is 11.2 Å². The van der Waals surface area contributed by atoms with E-state index < -0.39 is 0 Å². The maximum atomic E-state index is 12.5. The van der Waals surface area contributed by atoms with E-state index in [4.69, 9.17) is 0 Å². The van der Waals surface area contributed by atoms with E-state index in [1.54, 1.807) is 6.20 Å². The van der Waals surface area contributed by atoms with E-state index in [1.807, 2.05) is 55.6 Å². The van der Waals surface area contributed by atoms with Crippen molar-refractivity contribution in [1.82, 2.24) is 19.9 Å².